The van der Waals surface area contributed by atoms with Crippen molar-refractivity contribution in [3.8, 4) is 0 Å². The summed E-state index contributed by atoms with van der Waals surface area (Å²) in [5.41, 5.74) is 11.3. The topological polar surface area (TPSA) is 214 Å². The largest absolute Gasteiger partial charge is 0.480 e. The third-order valence-electron chi connectivity index (χ3n) is 4.19. The number of aliphatic hydroxyl groups excluding tert-OH is 1. The highest BCUT2D eigenvalue weighted by molar-refractivity contribution is 5.92. The maximum absolute atomic E-state index is 12.5. The molecule has 0 aliphatic heterocycles. The van der Waals surface area contributed by atoms with Crippen molar-refractivity contribution in [1.29, 1.82) is 0 Å². The molecule has 3 atom stereocenters. The Morgan fingerprint density at radius 3 is 2.16 bits per heavy atom. The smallest absolute Gasteiger partial charge is 0.328 e. The van der Waals surface area contributed by atoms with Gasteiger partial charge in [-0.2, -0.15) is 0 Å². The Morgan fingerprint density at radius 1 is 0.968 bits per heavy atom. The van der Waals surface area contributed by atoms with Crippen LogP contribution in [0.4, 0.5) is 0 Å². The molecule has 0 heterocycles. The van der Waals surface area contributed by atoms with Gasteiger partial charge in [0.05, 0.1) is 19.2 Å². The number of hydrogen-bond acceptors (Lipinski definition) is 7. The first-order valence-corrected chi connectivity index (χ1v) is 9.43. The van der Waals surface area contributed by atoms with Gasteiger partial charge in [0.15, 0.2) is 0 Å². The lowest BCUT2D eigenvalue weighted by Crippen LogP contribution is -2.55. The zero-order valence-electron chi connectivity index (χ0n) is 16.7. The molecular formula is C19H27N5O7. The molecule has 0 bridgehead atoms. The molecule has 1 rings (SSSR count). The summed E-state index contributed by atoms with van der Waals surface area (Å²) in [7, 11) is 0. The molecule has 12 heteroatoms. The zero-order chi connectivity index (χ0) is 23.4. The minimum Gasteiger partial charge on any atom is -0.480 e. The number of aliphatic hydroxyl groups is 1. The van der Waals surface area contributed by atoms with Crippen molar-refractivity contribution in [2.45, 2.75) is 37.4 Å². The molecule has 3 unspecified atom stereocenters. The molecule has 0 radical (unpaired) electrons. The van der Waals surface area contributed by atoms with E-state index in [4.69, 9.17) is 21.7 Å². The minimum atomic E-state index is -1.54. The number of benzene rings is 1. The van der Waals surface area contributed by atoms with Gasteiger partial charge >= 0.3 is 5.97 Å². The Bertz CT molecular complexity index is 787. The lowest BCUT2D eigenvalue weighted by atomic mass is 10.0. The highest BCUT2D eigenvalue weighted by Crippen LogP contribution is 2.04. The van der Waals surface area contributed by atoms with Gasteiger partial charge in [0, 0.05) is 12.8 Å². The van der Waals surface area contributed by atoms with E-state index in [1.807, 2.05) is 0 Å². The van der Waals surface area contributed by atoms with E-state index in [-0.39, 0.29) is 19.3 Å². The number of carbonyl (C=O) groups is 5. The fourth-order valence-electron chi connectivity index (χ4n) is 2.49. The normalized spacial score (nSPS) is 13.4. The molecule has 4 amide bonds. The maximum Gasteiger partial charge on any atom is 0.328 e. The highest BCUT2D eigenvalue weighted by atomic mass is 16.4. The fraction of sp³-hybridized carbons (Fsp3) is 0.421. The van der Waals surface area contributed by atoms with Gasteiger partial charge < -0.3 is 37.6 Å². The number of nitrogens with one attached hydrogen (secondary N) is 3. The molecule has 0 saturated carbocycles. The van der Waals surface area contributed by atoms with Crippen molar-refractivity contribution in [3.63, 3.8) is 0 Å². The van der Waals surface area contributed by atoms with E-state index in [1.165, 1.54) is 0 Å². The summed E-state index contributed by atoms with van der Waals surface area (Å²) in [6.45, 7) is -1.32. The van der Waals surface area contributed by atoms with Gasteiger partial charge in [-0.05, 0) is 12.0 Å². The average molecular weight is 437 g/mol. The van der Waals surface area contributed by atoms with Gasteiger partial charge in [-0.1, -0.05) is 30.3 Å². The van der Waals surface area contributed by atoms with Crippen LogP contribution in [0, 0.1) is 0 Å². The molecule has 0 aliphatic rings. The van der Waals surface area contributed by atoms with Crippen LogP contribution in [-0.2, 0) is 30.4 Å². The number of aliphatic carboxylic acids is 1. The number of carboxylic acids is 1. The Morgan fingerprint density at radius 2 is 1.61 bits per heavy atom. The van der Waals surface area contributed by atoms with E-state index in [9.17, 15) is 24.0 Å². The van der Waals surface area contributed by atoms with E-state index >= 15 is 0 Å². The summed E-state index contributed by atoms with van der Waals surface area (Å²) in [5, 5.41) is 25.0. The minimum absolute atomic E-state index is 0.0135. The van der Waals surface area contributed by atoms with Crippen molar-refractivity contribution in [2.75, 3.05) is 13.2 Å². The van der Waals surface area contributed by atoms with Crippen molar-refractivity contribution < 1.29 is 34.2 Å². The van der Waals surface area contributed by atoms with Crippen LogP contribution in [-0.4, -0.2) is 71.1 Å². The van der Waals surface area contributed by atoms with E-state index in [0.29, 0.717) is 5.56 Å². The highest BCUT2D eigenvalue weighted by Gasteiger charge is 2.26. The average Bonchev–Trinajstić information content (AvgIpc) is 2.73. The number of carbonyl (C=O) groups excluding carboxylic acids is 4. The third kappa shape index (κ3) is 9.69. The van der Waals surface area contributed by atoms with E-state index < -0.39 is 60.9 Å². The Hall–Kier alpha value is -3.51. The Kier molecular flexibility index (Phi) is 10.6. The molecule has 0 aliphatic carbocycles. The summed E-state index contributed by atoms with van der Waals surface area (Å²) in [6, 6.07) is 4.92. The number of hydrogen-bond donors (Lipinski definition) is 7. The number of primary amides is 1. The molecule has 31 heavy (non-hydrogen) atoms. The summed E-state index contributed by atoms with van der Waals surface area (Å²) >= 11 is 0. The second-order valence-electron chi connectivity index (χ2n) is 6.72. The van der Waals surface area contributed by atoms with Crippen LogP contribution in [0.15, 0.2) is 30.3 Å². The predicted molar refractivity (Wildman–Crippen MR) is 108 cm³/mol. The van der Waals surface area contributed by atoms with Crippen LogP contribution in [0.5, 0.6) is 0 Å². The lowest BCUT2D eigenvalue weighted by Gasteiger charge is -2.21. The van der Waals surface area contributed by atoms with Crippen LogP contribution < -0.4 is 27.4 Å². The van der Waals surface area contributed by atoms with Crippen molar-refractivity contribution in [1.82, 2.24) is 16.0 Å². The first-order chi connectivity index (χ1) is 14.6. The Labute approximate surface area is 178 Å². The van der Waals surface area contributed by atoms with Crippen molar-refractivity contribution >= 4 is 29.6 Å². The van der Waals surface area contributed by atoms with Gasteiger partial charge in [0.2, 0.25) is 23.6 Å². The molecule has 1 aromatic rings. The van der Waals surface area contributed by atoms with E-state index in [0.717, 1.165) is 0 Å². The second kappa shape index (κ2) is 12.9. The van der Waals surface area contributed by atoms with Gasteiger partial charge in [-0.25, -0.2) is 4.79 Å². The van der Waals surface area contributed by atoms with Crippen LogP contribution in [0.25, 0.3) is 0 Å². The van der Waals surface area contributed by atoms with Gasteiger partial charge in [-0.3, -0.25) is 19.2 Å². The van der Waals surface area contributed by atoms with E-state index in [1.54, 1.807) is 30.3 Å². The van der Waals surface area contributed by atoms with Crippen LogP contribution in [0.2, 0.25) is 0 Å². The molecular weight excluding hydrogens is 410 g/mol. The summed E-state index contributed by atoms with van der Waals surface area (Å²) in [4.78, 5) is 58.4. The van der Waals surface area contributed by atoms with Crippen LogP contribution in [0.1, 0.15) is 18.4 Å². The SMILES string of the molecule is NC(=O)CCC(N)C(=O)NCC(=O)NC(Cc1ccccc1)C(=O)NC(CO)C(=O)O. The second-order valence-corrected chi connectivity index (χ2v) is 6.72. The first-order valence-electron chi connectivity index (χ1n) is 9.43. The molecule has 1 aromatic carbocycles. The quantitative estimate of drug-likeness (QED) is 0.168. The molecule has 9 N–H and O–H groups in total. The summed E-state index contributed by atoms with van der Waals surface area (Å²) in [5.74, 6) is -4.26. The summed E-state index contributed by atoms with van der Waals surface area (Å²) in [6.07, 6.45) is -0.0302. The molecule has 12 nitrogen and oxygen atoms in total. The molecule has 0 fully saturated rings. The van der Waals surface area contributed by atoms with Gasteiger partial charge in [-0.15, -0.1) is 0 Å². The number of amides is 4. The maximum atomic E-state index is 12.5. The van der Waals surface area contributed by atoms with Crippen LogP contribution in [0.3, 0.4) is 0 Å². The number of nitrogens with two attached hydrogens (primary N) is 2. The van der Waals surface area contributed by atoms with Gasteiger partial charge in [0.25, 0.3) is 0 Å². The lowest BCUT2D eigenvalue weighted by molar-refractivity contribution is -0.143. The van der Waals surface area contributed by atoms with E-state index in [2.05, 4.69) is 16.0 Å². The molecule has 0 aromatic heterocycles. The van der Waals surface area contributed by atoms with Crippen molar-refractivity contribution in [3.05, 3.63) is 35.9 Å². The standard InChI is InChI=1S/C19H27N5O7/c20-12(6-7-15(21)26)17(28)22-9-16(27)23-13(8-11-4-2-1-3-5-11)18(29)24-14(10-25)19(30)31/h1-5,12-14,25H,6-10,20H2,(H2,21,26)(H,22,28)(H,23,27)(H,24,29)(H,30,31). The predicted octanol–water partition coefficient (Wildman–Crippen LogP) is -3.02. The first kappa shape index (κ1) is 25.5. The molecule has 170 valence electrons. The number of rotatable bonds is 13. The monoisotopic (exact) mass is 437 g/mol. The zero-order valence-corrected chi connectivity index (χ0v) is 16.7. The van der Waals surface area contributed by atoms with Crippen molar-refractivity contribution in [2.24, 2.45) is 11.5 Å². The molecule has 0 spiro atoms. The summed E-state index contributed by atoms with van der Waals surface area (Å²) < 4.78 is 0. The van der Waals surface area contributed by atoms with Crippen LogP contribution >= 0.6 is 0 Å². The Balaban J connectivity index is 2.74. The number of carboxylic acid groups (broad SMARTS) is 1. The fourth-order valence-corrected chi connectivity index (χ4v) is 2.49. The third-order valence-corrected chi connectivity index (χ3v) is 4.19. The molecule has 0 saturated heterocycles. The van der Waals surface area contributed by atoms with Gasteiger partial charge in [0.1, 0.15) is 12.1 Å².